The zero-order valence-corrected chi connectivity index (χ0v) is 15.8. The number of hydrogen-bond acceptors (Lipinski definition) is 3. The highest BCUT2D eigenvalue weighted by Gasteiger charge is 2.43. The van der Waals surface area contributed by atoms with Crippen molar-refractivity contribution in [1.29, 1.82) is 0 Å². The Bertz CT molecular complexity index is 759. The van der Waals surface area contributed by atoms with Gasteiger partial charge in [-0.3, -0.25) is 9.59 Å². The second-order valence-corrected chi connectivity index (χ2v) is 7.87. The topological polar surface area (TPSA) is 73.0 Å². The van der Waals surface area contributed by atoms with E-state index in [1.165, 1.54) is 0 Å². The third-order valence-corrected chi connectivity index (χ3v) is 5.68. The van der Waals surface area contributed by atoms with Gasteiger partial charge in [-0.2, -0.15) is 0 Å². The van der Waals surface area contributed by atoms with Gasteiger partial charge >= 0.3 is 6.03 Å². The molecule has 1 aliphatic carbocycles. The molecule has 0 aromatic heterocycles. The molecule has 4 amide bonds. The molecule has 144 valence electrons. The number of piperazine rings is 1. The van der Waals surface area contributed by atoms with E-state index in [2.05, 4.69) is 5.32 Å². The molecule has 0 spiro atoms. The lowest BCUT2D eigenvalue weighted by Crippen LogP contribution is -2.53. The van der Waals surface area contributed by atoms with Crippen LogP contribution in [0.25, 0.3) is 0 Å². The molecule has 1 aromatic rings. The lowest BCUT2D eigenvalue weighted by molar-refractivity contribution is -0.137. The lowest BCUT2D eigenvalue weighted by Gasteiger charge is -2.35. The first kappa shape index (κ1) is 18.1. The Morgan fingerprint density at radius 3 is 2.44 bits per heavy atom. The van der Waals surface area contributed by atoms with Gasteiger partial charge < -0.3 is 20.0 Å². The quantitative estimate of drug-likeness (QED) is 0.858. The molecule has 3 aliphatic rings. The molecule has 1 unspecified atom stereocenters. The summed E-state index contributed by atoms with van der Waals surface area (Å²) < 4.78 is 0. The molecular weight excluding hydrogens is 368 g/mol. The number of hydrogen-bond donors (Lipinski definition) is 1. The second kappa shape index (κ2) is 7.38. The van der Waals surface area contributed by atoms with Gasteiger partial charge in [-0.15, -0.1) is 0 Å². The monoisotopic (exact) mass is 390 g/mol. The number of amides is 4. The predicted octanol–water partition coefficient (Wildman–Crippen LogP) is 2.03. The Hall–Kier alpha value is -2.28. The highest BCUT2D eigenvalue weighted by molar-refractivity contribution is 6.30. The van der Waals surface area contributed by atoms with E-state index in [1.807, 2.05) is 4.90 Å². The molecule has 0 bridgehead atoms. The first-order valence-electron chi connectivity index (χ1n) is 9.41. The van der Waals surface area contributed by atoms with E-state index in [4.69, 9.17) is 11.6 Å². The summed E-state index contributed by atoms with van der Waals surface area (Å²) in [4.78, 5) is 42.6. The van der Waals surface area contributed by atoms with Gasteiger partial charge in [0.05, 0.1) is 5.92 Å². The summed E-state index contributed by atoms with van der Waals surface area (Å²) in [6.45, 7) is 2.50. The van der Waals surface area contributed by atoms with E-state index < -0.39 is 0 Å². The Morgan fingerprint density at radius 2 is 1.78 bits per heavy atom. The van der Waals surface area contributed by atoms with Crippen LogP contribution < -0.4 is 5.32 Å². The Morgan fingerprint density at radius 1 is 1.07 bits per heavy atom. The van der Waals surface area contributed by atoms with Gasteiger partial charge in [-0.05, 0) is 31.0 Å². The van der Waals surface area contributed by atoms with Gasteiger partial charge in [0, 0.05) is 55.9 Å². The zero-order chi connectivity index (χ0) is 19.0. The largest absolute Gasteiger partial charge is 0.339 e. The Labute approximate surface area is 163 Å². The maximum absolute atomic E-state index is 12.8. The fraction of sp³-hybridized carbons (Fsp3) is 0.526. The first-order chi connectivity index (χ1) is 13.0. The van der Waals surface area contributed by atoms with Gasteiger partial charge in [0.15, 0.2) is 0 Å². The number of likely N-dealkylation sites (tertiary alicyclic amines) is 1. The van der Waals surface area contributed by atoms with E-state index in [0.29, 0.717) is 55.9 Å². The van der Waals surface area contributed by atoms with Crippen LogP contribution in [0.2, 0.25) is 5.02 Å². The van der Waals surface area contributed by atoms with Gasteiger partial charge in [-0.25, -0.2) is 4.79 Å². The average molecular weight is 391 g/mol. The smallest absolute Gasteiger partial charge is 0.321 e. The average Bonchev–Trinajstić information content (AvgIpc) is 3.43. The van der Waals surface area contributed by atoms with Crippen LogP contribution in [0.3, 0.4) is 0 Å². The number of carbonyl (C=O) groups excluding carboxylic acids is 3. The molecule has 1 saturated carbocycles. The summed E-state index contributed by atoms with van der Waals surface area (Å²) in [5, 5.41) is 3.39. The van der Waals surface area contributed by atoms with Crippen molar-refractivity contribution in [1.82, 2.24) is 14.7 Å². The van der Waals surface area contributed by atoms with Crippen LogP contribution in [-0.4, -0.2) is 71.3 Å². The van der Waals surface area contributed by atoms with E-state index in [0.717, 1.165) is 12.8 Å². The number of carbonyl (C=O) groups is 3. The second-order valence-electron chi connectivity index (χ2n) is 7.43. The summed E-state index contributed by atoms with van der Waals surface area (Å²) in [5.41, 5.74) is 0.649. The predicted molar refractivity (Wildman–Crippen MR) is 101 cm³/mol. The molecule has 2 saturated heterocycles. The van der Waals surface area contributed by atoms with Crippen LogP contribution in [0.1, 0.15) is 19.3 Å². The molecule has 2 aliphatic heterocycles. The third kappa shape index (κ3) is 4.03. The van der Waals surface area contributed by atoms with E-state index in [9.17, 15) is 14.4 Å². The molecule has 1 atom stereocenters. The maximum atomic E-state index is 12.8. The fourth-order valence-electron chi connectivity index (χ4n) is 3.79. The highest BCUT2D eigenvalue weighted by Crippen LogP contribution is 2.33. The van der Waals surface area contributed by atoms with Gasteiger partial charge in [-0.1, -0.05) is 17.7 Å². The first-order valence-corrected chi connectivity index (χ1v) is 9.79. The van der Waals surface area contributed by atoms with Crippen molar-refractivity contribution in [3.63, 3.8) is 0 Å². The SMILES string of the molecule is O=C(Nc1cccc(Cl)c1)N1CCN(C(=O)C2CC(=O)N(C3CC3)C2)CC1. The number of urea groups is 1. The van der Waals surface area contributed by atoms with Crippen LogP contribution >= 0.6 is 11.6 Å². The molecule has 4 rings (SSSR count). The lowest BCUT2D eigenvalue weighted by atomic mass is 10.1. The summed E-state index contributed by atoms with van der Waals surface area (Å²) in [6.07, 6.45) is 2.45. The summed E-state index contributed by atoms with van der Waals surface area (Å²) in [6, 6.07) is 7.18. The van der Waals surface area contributed by atoms with Crippen LogP contribution in [-0.2, 0) is 9.59 Å². The minimum atomic E-state index is -0.232. The number of halogens is 1. The number of nitrogens with one attached hydrogen (secondary N) is 1. The summed E-state index contributed by atoms with van der Waals surface area (Å²) >= 11 is 5.94. The molecule has 2 heterocycles. The fourth-order valence-corrected chi connectivity index (χ4v) is 3.98. The van der Waals surface area contributed by atoms with Crippen molar-refractivity contribution in [3.05, 3.63) is 29.3 Å². The van der Waals surface area contributed by atoms with Gasteiger partial charge in [0.2, 0.25) is 11.8 Å². The molecule has 1 N–H and O–H groups in total. The molecule has 7 nitrogen and oxygen atoms in total. The molecule has 8 heteroatoms. The minimum absolute atomic E-state index is 0.0430. The van der Waals surface area contributed by atoms with E-state index in [1.54, 1.807) is 34.1 Å². The van der Waals surface area contributed by atoms with Gasteiger partial charge in [0.25, 0.3) is 0 Å². The number of rotatable bonds is 3. The van der Waals surface area contributed by atoms with Crippen LogP contribution in [0.15, 0.2) is 24.3 Å². The Balaban J connectivity index is 1.27. The normalized spacial score (nSPS) is 22.9. The molecule has 0 radical (unpaired) electrons. The van der Waals surface area contributed by atoms with Crippen molar-refractivity contribution in [2.45, 2.75) is 25.3 Å². The summed E-state index contributed by atoms with van der Waals surface area (Å²) in [5.74, 6) is -0.0817. The van der Waals surface area contributed by atoms with Crippen molar-refractivity contribution in [3.8, 4) is 0 Å². The molecule has 1 aromatic carbocycles. The van der Waals surface area contributed by atoms with Crippen molar-refractivity contribution >= 4 is 35.1 Å². The highest BCUT2D eigenvalue weighted by atomic mass is 35.5. The number of anilines is 1. The van der Waals surface area contributed by atoms with Crippen molar-refractivity contribution in [2.75, 3.05) is 38.0 Å². The van der Waals surface area contributed by atoms with Crippen LogP contribution in [0.5, 0.6) is 0 Å². The molecular formula is C19H23ClN4O3. The molecule has 3 fully saturated rings. The zero-order valence-electron chi connectivity index (χ0n) is 15.1. The van der Waals surface area contributed by atoms with E-state index in [-0.39, 0.29) is 23.8 Å². The number of nitrogens with zero attached hydrogens (tertiary/aromatic N) is 3. The van der Waals surface area contributed by atoms with Crippen LogP contribution in [0.4, 0.5) is 10.5 Å². The Kier molecular flexibility index (Phi) is 4.95. The van der Waals surface area contributed by atoms with E-state index >= 15 is 0 Å². The maximum Gasteiger partial charge on any atom is 0.321 e. The minimum Gasteiger partial charge on any atom is -0.339 e. The summed E-state index contributed by atoms with van der Waals surface area (Å²) in [7, 11) is 0. The molecule has 27 heavy (non-hydrogen) atoms. The van der Waals surface area contributed by atoms with Crippen molar-refractivity contribution in [2.24, 2.45) is 5.92 Å². The third-order valence-electron chi connectivity index (χ3n) is 5.45. The standard InChI is InChI=1S/C19H23ClN4O3/c20-14-2-1-3-15(11-14)21-19(27)23-8-6-22(7-9-23)18(26)13-10-17(25)24(12-13)16-4-5-16/h1-3,11,13,16H,4-10,12H2,(H,21,27). The van der Waals surface area contributed by atoms with Gasteiger partial charge in [0.1, 0.15) is 0 Å². The van der Waals surface area contributed by atoms with Crippen LogP contribution in [0, 0.1) is 5.92 Å². The number of benzene rings is 1. The van der Waals surface area contributed by atoms with Crippen molar-refractivity contribution < 1.29 is 14.4 Å².